The van der Waals surface area contributed by atoms with Gasteiger partial charge < -0.3 is 23.9 Å². The normalized spacial score (nSPS) is 25.7. The minimum absolute atomic E-state index is 0.129. The first-order chi connectivity index (χ1) is 20.3. The molecule has 3 heterocycles. The summed E-state index contributed by atoms with van der Waals surface area (Å²) in [5.41, 5.74) is -0.801. The van der Waals surface area contributed by atoms with Crippen molar-refractivity contribution in [3.8, 4) is 0 Å². The Morgan fingerprint density at radius 2 is 1.88 bits per heavy atom. The van der Waals surface area contributed by atoms with Crippen molar-refractivity contribution >= 4 is 34.6 Å². The number of urea groups is 1. The number of rotatable bonds is 8. The summed E-state index contributed by atoms with van der Waals surface area (Å²) in [4.78, 5) is 49.8. The first-order valence-electron chi connectivity index (χ1n) is 14.8. The van der Waals surface area contributed by atoms with Crippen LogP contribution in [0.15, 0.2) is 52.8 Å². The van der Waals surface area contributed by atoms with Crippen LogP contribution in [-0.4, -0.2) is 73.1 Å². The zero-order chi connectivity index (χ0) is 31.1. The Bertz CT molecular complexity index is 1370. The summed E-state index contributed by atoms with van der Waals surface area (Å²) in [7, 11) is 0. The molecule has 3 amide bonds. The molecule has 0 spiro atoms. The van der Waals surface area contributed by atoms with E-state index < -0.39 is 52.5 Å². The lowest BCUT2D eigenvalue weighted by atomic mass is 9.91. The number of oxazole rings is 1. The number of nitrogens with zero attached hydrogens (tertiary/aromatic N) is 3. The number of aliphatic hydroxyl groups excluding tert-OH is 1. The van der Waals surface area contributed by atoms with Crippen molar-refractivity contribution in [2.45, 2.75) is 102 Å². The van der Waals surface area contributed by atoms with E-state index in [4.69, 9.17) is 13.9 Å². The van der Waals surface area contributed by atoms with Crippen LogP contribution in [0, 0.1) is 5.92 Å². The van der Waals surface area contributed by atoms with Crippen LogP contribution in [0.5, 0.6) is 0 Å². The second kappa shape index (κ2) is 12.1. The lowest BCUT2D eigenvalue weighted by molar-refractivity contribution is -0.171. The third kappa shape index (κ3) is 6.39. The molecule has 0 radical (unpaired) electrons. The predicted octanol–water partition coefficient (Wildman–Crippen LogP) is 5.54. The fourth-order valence-corrected chi connectivity index (χ4v) is 7.47. The fourth-order valence-electron chi connectivity index (χ4n) is 5.95. The molecule has 1 N–H and O–H groups in total. The summed E-state index contributed by atoms with van der Waals surface area (Å²) in [5.74, 6) is -1.50. The SMILES string of the molecule is CC1=C(c2ncco2)SC2C1C(=O)N(C(C)(C)C(=O)OC(C)(C)C)C(=O)N2C[C@H](OC1CCCC(O)C1)c1ccccc1. The Hall–Kier alpha value is -3.15. The molecule has 5 atom stereocenters. The smallest absolute Gasteiger partial charge is 0.332 e. The highest BCUT2D eigenvalue weighted by molar-refractivity contribution is 8.09. The van der Waals surface area contributed by atoms with Gasteiger partial charge in [0.25, 0.3) is 0 Å². The summed E-state index contributed by atoms with van der Waals surface area (Å²) in [6.45, 7) is 10.3. The highest BCUT2D eigenvalue weighted by Crippen LogP contribution is 2.52. The van der Waals surface area contributed by atoms with Gasteiger partial charge in [-0.1, -0.05) is 42.1 Å². The van der Waals surface area contributed by atoms with E-state index in [0.717, 1.165) is 35.3 Å². The van der Waals surface area contributed by atoms with Crippen LogP contribution in [0.1, 0.15) is 84.8 Å². The minimum atomic E-state index is -1.59. The van der Waals surface area contributed by atoms with E-state index >= 15 is 0 Å². The van der Waals surface area contributed by atoms with Crippen LogP contribution in [0.25, 0.3) is 4.91 Å². The second-order valence-electron chi connectivity index (χ2n) is 13.0. The number of aliphatic hydroxyl groups is 1. The van der Waals surface area contributed by atoms with Crippen LogP contribution in [0.2, 0.25) is 0 Å². The number of hydrogen-bond acceptors (Lipinski definition) is 9. The number of thioether (sulfide) groups is 1. The Morgan fingerprint density at radius 1 is 1.16 bits per heavy atom. The molecular weight excluding hydrogens is 570 g/mol. The fraction of sp³-hybridized carbons (Fsp3) is 0.562. The molecule has 232 valence electrons. The Kier molecular flexibility index (Phi) is 8.79. The van der Waals surface area contributed by atoms with E-state index in [1.54, 1.807) is 45.7 Å². The van der Waals surface area contributed by atoms with Crippen LogP contribution in [0.4, 0.5) is 4.79 Å². The van der Waals surface area contributed by atoms with Crippen molar-refractivity contribution in [3.05, 3.63) is 59.8 Å². The molecule has 10 nitrogen and oxygen atoms in total. The molecule has 1 saturated heterocycles. The van der Waals surface area contributed by atoms with Crippen molar-refractivity contribution in [1.29, 1.82) is 0 Å². The average molecular weight is 612 g/mol. The standard InChI is InChI=1S/C32H41N3O7S/c1-19-24-27(37)35(32(5,6)29(38)42-31(2,3)4)30(39)34(28(24)43-25(19)26-33-15-16-40-26)18-23(20-11-8-7-9-12-20)41-22-14-10-13-21(36)17-22/h7-9,11-12,15-16,21-24,28,36H,10,13-14,17-18H2,1-6H3/t21?,22?,23-,24?,28?/m0/s1. The number of hydrogen-bond donors (Lipinski definition) is 1. The summed E-state index contributed by atoms with van der Waals surface area (Å²) >= 11 is 1.36. The summed E-state index contributed by atoms with van der Waals surface area (Å²) in [6, 6.07) is 9.06. The molecule has 1 saturated carbocycles. The van der Waals surface area contributed by atoms with Crippen molar-refractivity contribution in [1.82, 2.24) is 14.8 Å². The lowest BCUT2D eigenvalue weighted by Gasteiger charge is -2.48. The van der Waals surface area contributed by atoms with E-state index in [1.807, 2.05) is 37.3 Å². The topological polar surface area (TPSA) is 122 Å². The molecule has 1 aromatic heterocycles. The van der Waals surface area contributed by atoms with E-state index in [0.29, 0.717) is 17.2 Å². The van der Waals surface area contributed by atoms with Gasteiger partial charge in [-0.05, 0) is 78.4 Å². The van der Waals surface area contributed by atoms with Crippen molar-refractivity contribution in [2.75, 3.05) is 6.54 Å². The molecule has 4 unspecified atom stereocenters. The number of benzene rings is 1. The van der Waals surface area contributed by atoms with Gasteiger partial charge in [-0.3, -0.25) is 4.79 Å². The molecule has 2 fully saturated rings. The maximum atomic E-state index is 14.5. The zero-order valence-electron chi connectivity index (χ0n) is 25.6. The quantitative estimate of drug-likeness (QED) is 0.383. The van der Waals surface area contributed by atoms with Gasteiger partial charge in [0.2, 0.25) is 11.8 Å². The van der Waals surface area contributed by atoms with Gasteiger partial charge in [0.15, 0.2) is 0 Å². The summed E-state index contributed by atoms with van der Waals surface area (Å²) in [5, 5.41) is 9.73. The Balaban J connectivity index is 1.54. The minimum Gasteiger partial charge on any atom is -0.458 e. The number of aromatic nitrogens is 1. The third-order valence-electron chi connectivity index (χ3n) is 8.15. The molecule has 11 heteroatoms. The van der Waals surface area contributed by atoms with Gasteiger partial charge in [0.1, 0.15) is 23.5 Å². The van der Waals surface area contributed by atoms with E-state index in [1.165, 1.54) is 18.0 Å². The molecule has 2 aliphatic heterocycles. The lowest BCUT2D eigenvalue weighted by Crippen LogP contribution is -2.68. The maximum absolute atomic E-state index is 14.5. The maximum Gasteiger partial charge on any atom is 0.332 e. The average Bonchev–Trinajstić information content (AvgIpc) is 3.58. The molecule has 3 aliphatic rings. The molecule has 2 aromatic rings. The number of carbonyl (C=O) groups excluding carboxylic acids is 3. The molecule has 5 rings (SSSR count). The monoisotopic (exact) mass is 611 g/mol. The van der Waals surface area contributed by atoms with Gasteiger partial charge >= 0.3 is 12.0 Å². The summed E-state index contributed by atoms with van der Waals surface area (Å²) < 4.78 is 17.9. The number of fused-ring (bicyclic) bond motifs is 1. The zero-order valence-corrected chi connectivity index (χ0v) is 26.4. The van der Waals surface area contributed by atoms with E-state index in [9.17, 15) is 19.5 Å². The van der Waals surface area contributed by atoms with Crippen LogP contribution >= 0.6 is 11.8 Å². The van der Waals surface area contributed by atoms with E-state index in [-0.39, 0.29) is 12.6 Å². The van der Waals surface area contributed by atoms with Crippen LogP contribution < -0.4 is 0 Å². The molecule has 1 aliphatic carbocycles. The number of imide groups is 1. The molecule has 1 aromatic carbocycles. The first-order valence-corrected chi connectivity index (χ1v) is 15.7. The van der Waals surface area contributed by atoms with Gasteiger partial charge in [-0.15, -0.1) is 0 Å². The van der Waals surface area contributed by atoms with Crippen LogP contribution in [-0.2, 0) is 19.1 Å². The molecular formula is C32H41N3O7S. The number of carbonyl (C=O) groups is 3. The number of amides is 3. The van der Waals surface area contributed by atoms with Crippen LogP contribution in [0.3, 0.4) is 0 Å². The second-order valence-corrected chi connectivity index (χ2v) is 14.1. The van der Waals surface area contributed by atoms with Gasteiger partial charge in [-0.2, -0.15) is 0 Å². The number of ether oxygens (including phenoxy) is 2. The Labute approximate surface area is 256 Å². The highest BCUT2D eigenvalue weighted by Gasteiger charge is 2.58. The molecule has 43 heavy (non-hydrogen) atoms. The predicted molar refractivity (Wildman–Crippen MR) is 161 cm³/mol. The van der Waals surface area contributed by atoms with Gasteiger partial charge in [0, 0.05) is 0 Å². The highest BCUT2D eigenvalue weighted by atomic mass is 32.2. The van der Waals surface area contributed by atoms with Crippen molar-refractivity contribution in [3.63, 3.8) is 0 Å². The molecule has 0 bridgehead atoms. The number of esters is 1. The first kappa shape index (κ1) is 31.3. The third-order valence-corrected chi connectivity index (χ3v) is 9.65. The van der Waals surface area contributed by atoms with Gasteiger partial charge in [0.05, 0.1) is 41.1 Å². The van der Waals surface area contributed by atoms with Crippen molar-refractivity contribution in [2.24, 2.45) is 5.92 Å². The Morgan fingerprint density at radius 3 is 2.51 bits per heavy atom. The summed E-state index contributed by atoms with van der Waals surface area (Å²) in [6.07, 6.45) is 4.78. The van der Waals surface area contributed by atoms with Gasteiger partial charge in [-0.25, -0.2) is 19.5 Å². The largest absolute Gasteiger partial charge is 0.458 e. The van der Waals surface area contributed by atoms with Crippen molar-refractivity contribution < 1.29 is 33.4 Å². The van der Waals surface area contributed by atoms with E-state index in [2.05, 4.69) is 4.98 Å².